The minimum Gasteiger partial charge on any atom is -0.340 e. The Morgan fingerprint density at radius 3 is 2.50 bits per heavy atom. The Morgan fingerprint density at radius 2 is 1.85 bits per heavy atom. The highest BCUT2D eigenvalue weighted by molar-refractivity contribution is 9.10. The van der Waals surface area contributed by atoms with Gasteiger partial charge < -0.3 is 5.32 Å². The Hall–Kier alpha value is -2.12. The molecule has 0 aliphatic heterocycles. The van der Waals surface area contributed by atoms with Crippen molar-refractivity contribution in [1.29, 1.82) is 0 Å². The lowest BCUT2D eigenvalue weighted by Crippen LogP contribution is -2.45. The molecular formula is C19H20BrN3O2S. The summed E-state index contributed by atoms with van der Waals surface area (Å²) < 4.78 is 0.972. The van der Waals surface area contributed by atoms with Gasteiger partial charge in [-0.1, -0.05) is 46.3 Å². The van der Waals surface area contributed by atoms with Crippen molar-refractivity contribution in [3.8, 4) is 0 Å². The maximum atomic E-state index is 12.4. The molecule has 0 aliphatic rings. The van der Waals surface area contributed by atoms with E-state index in [1.165, 1.54) is 0 Å². The number of carbonyl (C=O) groups is 2. The van der Waals surface area contributed by atoms with E-state index in [0.717, 1.165) is 15.8 Å². The standard InChI is InChI=1S/C19H20BrN3O2S/c1-26-12-11-17(22-18(24)15-5-3-2-4-6-15)19(25)23-21-13-14-7-9-16(20)10-8-14/h2-10,13,17H,11-12H2,1H3,(H,22,24)(H,23,25)/t17-/m1/s1. The summed E-state index contributed by atoms with van der Waals surface area (Å²) in [6.07, 6.45) is 4.05. The number of rotatable bonds is 8. The highest BCUT2D eigenvalue weighted by atomic mass is 79.9. The van der Waals surface area contributed by atoms with Crippen LogP contribution < -0.4 is 10.7 Å². The number of hydrogen-bond acceptors (Lipinski definition) is 4. The SMILES string of the molecule is CSCC[C@@H](NC(=O)c1ccccc1)C(=O)NN=Cc1ccc(Br)cc1. The molecule has 7 heteroatoms. The molecule has 0 bridgehead atoms. The van der Waals surface area contributed by atoms with Gasteiger partial charge in [0.1, 0.15) is 6.04 Å². The molecule has 2 aromatic rings. The van der Waals surface area contributed by atoms with E-state index in [9.17, 15) is 9.59 Å². The number of hydrazone groups is 1. The number of thioether (sulfide) groups is 1. The highest BCUT2D eigenvalue weighted by Gasteiger charge is 2.20. The summed E-state index contributed by atoms with van der Waals surface area (Å²) in [5.74, 6) is 0.143. The molecule has 1 atom stereocenters. The minimum absolute atomic E-state index is 0.274. The van der Waals surface area contributed by atoms with Gasteiger partial charge in [-0.15, -0.1) is 0 Å². The molecule has 0 fully saturated rings. The number of hydrogen-bond donors (Lipinski definition) is 2. The molecule has 5 nitrogen and oxygen atoms in total. The molecule has 0 saturated carbocycles. The van der Waals surface area contributed by atoms with E-state index in [1.807, 2.05) is 36.6 Å². The molecular weight excluding hydrogens is 414 g/mol. The lowest BCUT2D eigenvalue weighted by molar-refractivity contribution is -0.123. The lowest BCUT2D eigenvalue weighted by Gasteiger charge is -2.16. The van der Waals surface area contributed by atoms with Crippen molar-refractivity contribution in [3.05, 3.63) is 70.2 Å². The van der Waals surface area contributed by atoms with Crippen LogP contribution in [0.15, 0.2) is 64.2 Å². The van der Waals surface area contributed by atoms with E-state index in [2.05, 4.69) is 31.8 Å². The first-order valence-corrected chi connectivity index (χ1v) is 10.2. The summed E-state index contributed by atoms with van der Waals surface area (Å²) in [6, 6.07) is 15.7. The molecule has 0 radical (unpaired) electrons. The van der Waals surface area contributed by atoms with Gasteiger partial charge in [0.2, 0.25) is 0 Å². The Bertz CT molecular complexity index is 751. The van der Waals surface area contributed by atoms with Crippen LogP contribution in [0.2, 0.25) is 0 Å². The van der Waals surface area contributed by atoms with Crippen LogP contribution in [-0.4, -0.2) is 36.1 Å². The molecule has 0 unspecified atom stereocenters. The Morgan fingerprint density at radius 1 is 1.15 bits per heavy atom. The van der Waals surface area contributed by atoms with Gasteiger partial charge in [0.25, 0.3) is 11.8 Å². The maximum Gasteiger partial charge on any atom is 0.262 e. The molecule has 2 amide bonds. The van der Waals surface area contributed by atoms with E-state index in [0.29, 0.717) is 12.0 Å². The Labute approximate surface area is 165 Å². The number of halogens is 1. The second kappa shape index (κ2) is 10.8. The molecule has 0 aromatic heterocycles. The van der Waals surface area contributed by atoms with Crippen LogP contribution in [0, 0.1) is 0 Å². The van der Waals surface area contributed by atoms with Crippen LogP contribution in [0.4, 0.5) is 0 Å². The second-order valence-electron chi connectivity index (χ2n) is 5.46. The van der Waals surface area contributed by atoms with Crippen molar-refractivity contribution in [2.75, 3.05) is 12.0 Å². The van der Waals surface area contributed by atoms with Crippen LogP contribution in [0.25, 0.3) is 0 Å². The van der Waals surface area contributed by atoms with Crippen LogP contribution in [0.1, 0.15) is 22.3 Å². The van der Waals surface area contributed by atoms with Gasteiger partial charge in [0.05, 0.1) is 6.21 Å². The van der Waals surface area contributed by atoms with Gasteiger partial charge in [-0.05, 0) is 48.3 Å². The van der Waals surface area contributed by atoms with Crippen molar-refractivity contribution < 1.29 is 9.59 Å². The Balaban J connectivity index is 1.97. The summed E-state index contributed by atoms with van der Waals surface area (Å²) in [5.41, 5.74) is 3.89. The first kappa shape index (κ1) is 20.2. The zero-order chi connectivity index (χ0) is 18.8. The maximum absolute atomic E-state index is 12.4. The van der Waals surface area contributed by atoms with E-state index in [1.54, 1.807) is 42.2 Å². The number of amides is 2. The molecule has 26 heavy (non-hydrogen) atoms. The number of benzene rings is 2. The summed E-state index contributed by atoms with van der Waals surface area (Å²) in [4.78, 5) is 24.7. The third-order valence-corrected chi connectivity index (χ3v) is 4.70. The minimum atomic E-state index is -0.641. The summed E-state index contributed by atoms with van der Waals surface area (Å²) in [5, 5.41) is 6.76. The normalized spacial score (nSPS) is 11.9. The fraction of sp³-hybridized carbons (Fsp3) is 0.211. The van der Waals surface area contributed by atoms with Crippen molar-refractivity contribution in [1.82, 2.24) is 10.7 Å². The predicted molar refractivity (Wildman–Crippen MR) is 111 cm³/mol. The Kier molecular flexibility index (Phi) is 8.37. The third-order valence-electron chi connectivity index (χ3n) is 3.53. The van der Waals surface area contributed by atoms with E-state index in [4.69, 9.17) is 0 Å². The number of nitrogens with zero attached hydrogens (tertiary/aromatic N) is 1. The average Bonchev–Trinajstić information content (AvgIpc) is 2.67. The first-order chi connectivity index (χ1) is 12.6. The van der Waals surface area contributed by atoms with Crippen molar-refractivity contribution >= 4 is 45.7 Å². The van der Waals surface area contributed by atoms with E-state index < -0.39 is 6.04 Å². The van der Waals surface area contributed by atoms with Gasteiger partial charge in [-0.3, -0.25) is 9.59 Å². The first-order valence-electron chi connectivity index (χ1n) is 8.03. The quantitative estimate of drug-likeness (QED) is 0.494. The van der Waals surface area contributed by atoms with Gasteiger partial charge >= 0.3 is 0 Å². The third kappa shape index (κ3) is 6.65. The molecule has 2 rings (SSSR count). The monoisotopic (exact) mass is 433 g/mol. The van der Waals surface area contributed by atoms with Crippen LogP contribution in [-0.2, 0) is 4.79 Å². The van der Waals surface area contributed by atoms with E-state index >= 15 is 0 Å². The molecule has 0 aliphatic carbocycles. The zero-order valence-electron chi connectivity index (χ0n) is 14.3. The lowest BCUT2D eigenvalue weighted by atomic mass is 10.1. The molecule has 2 N–H and O–H groups in total. The zero-order valence-corrected chi connectivity index (χ0v) is 16.7. The van der Waals surface area contributed by atoms with Gasteiger partial charge in [0.15, 0.2) is 0 Å². The van der Waals surface area contributed by atoms with Gasteiger partial charge in [-0.2, -0.15) is 16.9 Å². The predicted octanol–water partition coefficient (Wildman–Crippen LogP) is 3.45. The second-order valence-corrected chi connectivity index (χ2v) is 7.36. The molecule has 0 heterocycles. The summed E-state index contributed by atoms with van der Waals surface area (Å²) >= 11 is 4.98. The number of nitrogens with one attached hydrogen (secondary N) is 2. The summed E-state index contributed by atoms with van der Waals surface area (Å²) in [6.45, 7) is 0. The van der Waals surface area contributed by atoms with Gasteiger partial charge in [0, 0.05) is 10.0 Å². The fourth-order valence-electron chi connectivity index (χ4n) is 2.13. The van der Waals surface area contributed by atoms with Crippen LogP contribution in [0.5, 0.6) is 0 Å². The van der Waals surface area contributed by atoms with Crippen molar-refractivity contribution in [2.24, 2.45) is 5.10 Å². The largest absolute Gasteiger partial charge is 0.340 e. The van der Waals surface area contributed by atoms with Gasteiger partial charge in [-0.25, -0.2) is 5.43 Å². The molecule has 0 saturated heterocycles. The van der Waals surface area contributed by atoms with Crippen molar-refractivity contribution in [2.45, 2.75) is 12.5 Å². The molecule has 136 valence electrons. The van der Waals surface area contributed by atoms with Crippen molar-refractivity contribution in [3.63, 3.8) is 0 Å². The van der Waals surface area contributed by atoms with Crippen LogP contribution >= 0.6 is 27.7 Å². The topological polar surface area (TPSA) is 70.6 Å². The molecule has 0 spiro atoms. The fourth-order valence-corrected chi connectivity index (χ4v) is 2.87. The van der Waals surface area contributed by atoms with E-state index in [-0.39, 0.29) is 11.8 Å². The van der Waals surface area contributed by atoms with Crippen LogP contribution in [0.3, 0.4) is 0 Å². The number of carbonyl (C=O) groups excluding carboxylic acids is 2. The molecule has 2 aromatic carbocycles. The smallest absolute Gasteiger partial charge is 0.262 e. The average molecular weight is 434 g/mol. The summed E-state index contributed by atoms with van der Waals surface area (Å²) in [7, 11) is 0. The highest BCUT2D eigenvalue weighted by Crippen LogP contribution is 2.09.